The number of hydrogen-bond acceptors (Lipinski definition) is 2. The van der Waals surface area contributed by atoms with E-state index in [1.165, 1.54) is 33.4 Å². The van der Waals surface area contributed by atoms with E-state index in [4.69, 9.17) is 4.42 Å². The normalized spacial score (nSPS) is 11.2. The van der Waals surface area contributed by atoms with E-state index in [1.54, 1.807) is 0 Å². The van der Waals surface area contributed by atoms with E-state index >= 15 is 0 Å². The summed E-state index contributed by atoms with van der Waals surface area (Å²) in [7, 11) is 0. The Morgan fingerprint density at radius 2 is 0.682 bits per heavy atom. The topological polar surface area (TPSA) is 16.4 Å². The maximum Gasteiger partial charge on any atom is 0.135 e. The van der Waals surface area contributed by atoms with Crippen LogP contribution in [-0.4, -0.2) is 0 Å². The van der Waals surface area contributed by atoms with Gasteiger partial charge in [-0.1, -0.05) is 121 Å². The molecule has 44 heavy (non-hydrogen) atoms. The van der Waals surface area contributed by atoms with Crippen LogP contribution in [0.4, 0.5) is 17.1 Å². The van der Waals surface area contributed by atoms with Gasteiger partial charge < -0.3 is 9.32 Å². The van der Waals surface area contributed by atoms with E-state index in [9.17, 15) is 0 Å². The fourth-order valence-corrected chi connectivity index (χ4v) is 6.02. The van der Waals surface area contributed by atoms with Crippen LogP contribution in [0, 0.1) is 0 Å². The maximum absolute atomic E-state index is 6.06. The minimum Gasteiger partial charge on any atom is -0.456 e. The van der Waals surface area contributed by atoms with E-state index in [0.717, 1.165) is 39.0 Å². The molecule has 0 unspecified atom stereocenters. The van der Waals surface area contributed by atoms with Crippen molar-refractivity contribution in [3.05, 3.63) is 176 Å². The van der Waals surface area contributed by atoms with Crippen molar-refractivity contribution in [2.24, 2.45) is 0 Å². The zero-order valence-corrected chi connectivity index (χ0v) is 24.1. The smallest absolute Gasteiger partial charge is 0.135 e. The highest BCUT2D eigenvalue weighted by Crippen LogP contribution is 2.38. The summed E-state index contributed by atoms with van der Waals surface area (Å²) in [6.45, 7) is 0. The molecule has 0 N–H and O–H groups in total. The molecule has 7 aromatic carbocycles. The van der Waals surface area contributed by atoms with Crippen LogP contribution >= 0.6 is 0 Å². The Kier molecular flexibility index (Phi) is 6.51. The molecule has 0 saturated carbocycles. The van der Waals surface area contributed by atoms with E-state index in [-0.39, 0.29) is 0 Å². The first-order chi connectivity index (χ1) is 21.8. The molecule has 8 rings (SSSR count). The van der Waals surface area contributed by atoms with Gasteiger partial charge in [-0.3, -0.25) is 0 Å². The molecule has 0 fully saturated rings. The summed E-state index contributed by atoms with van der Waals surface area (Å²) in [5, 5.41) is 2.28. The SMILES string of the molecule is c1ccc(-c2ccc(N(c3ccc(-c4ccccc4)cc3)c3ccc(-c4ccc5oc6ccccc6c5c4)cc3)cc2)cc1. The van der Waals surface area contributed by atoms with Crippen molar-refractivity contribution in [3.63, 3.8) is 0 Å². The number of rotatable bonds is 6. The summed E-state index contributed by atoms with van der Waals surface area (Å²) < 4.78 is 6.06. The second-order valence-corrected chi connectivity index (χ2v) is 11.0. The van der Waals surface area contributed by atoms with Gasteiger partial charge in [-0.2, -0.15) is 0 Å². The number of furan rings is 1. The van der Waals surface area contributed by atoms with Gasteiger partial charge in [-0.05, 0) is 88.0 Å². The maximum atomic E-state index is 6.06. The Balaban J connectivity index is 1.17. The minimum absolute atomic E-state index is 0.913. The predicted molar refractivity (Wildman–Crippen MR) is 185 cm³/mol. The summed E-state index contributed by atoms with van der Waals surface area (Å²) in [6, 6.07) is 62.2. The van der Waals surface area contributed by atoms with E-state index in [0.29, 0.717) is 0 Å². The summed E-state index contributed by atoms with van der Waals surface area (Å²) in [5.74, 6) is 0. The molecule has 0 aliphatic heterocycles. The quantitative estimate of drug-likeness (QED) is 0.200. The van der Waals surface area contributed by atoms with E-state index in [1.807, 2.05) is 12.1 Å². The summed E-state index contributed by atoms with van der Waals surface area (Å²) in [6.07, 6.45) is 0. The largest absolute Gasteiger partial charge is 0.456 e. The van der Waals surface area contributed by atoms with E-state index < -0.39 is 0 Å². The zero-order chi connectivity index (χ0) is 29.3. The van der Waals surface area contributed by atoms with Crippen LogP contribution in [-0.2, 0) is 0 Å². The molecule has 1 heterocycles. The molecule has 0 aliphatic carbocycles. The Hall–Kier alpha value is -5.86. The molecule has 0 atom stereocenters. The van der Waals surface area contributed by atoms with Gasteiger partial charge >= 0.3 is 0 Å². The van der Waals surface area contributed by atoms with Crippen LogP contribution < -0.4 is 4.90 Å². The average molecular weight is 564 g/mol. The molecular weight excluding hydrogens is 534 g/mol. The third kappa shape index (κ3) is 4.83. The van der Waals surface area contributed by atoms with Crippen molar-refractivity contribution in [1.82, 2.24) is 0 Å². The van der Waals surface area contributed by atoms with Gasteiger partial charge in [0, 0.05) is 27.8 Å². The molecule has 1 aromatic heterocycles. The molecule has 2 nitrogen and oxygen atoms in total. The second kappa shape index (κ2) is 11.1. The molecular formula is C42H29NO. The van der Waals surface area contributed by atoms with Crippen LogP contribution in [0.25, 0.3) is 55.3 Å². The fraction of sp³-hybridized carbons (Fsp3) is 0. The Labute approximate surface area is 257 Å². The van der Waals surface area contributed by atoms with Crippen molar-refractivity contribution >= 4 is 39.0 Å². The summed E-state index contributed by atoms with van der Waals surface area (Å²) >= 11 is 0. The molecule has 2 heteroatoms. The lowest BCUT2D eigenvalue weighted by Gasteiger charge is -2.26. The van der Waals surface area contributed by atoms with E-state index in [2.05, 4.69) is 169 Å². The van der Waals surface area contributed by atoms with Crippen LogP contribution in [0.3, 0.4) is 0 Å². The van der Waals surface area contributed by atoms with Crippen LogP contribution in [0.2, 0.25) is 0 Å². The molecule has 0 bridgehead atoms. The van der Waals surface area contributed by atoms with Gasteiger partial charge in [0.1, 0.15) is 11.2 Å². The average Bonchev–Trinajstić information content (AvgIpc) is 3.48. The molecule has 208 valence electrons. The van der Waals surface area contributed by atoms with Gasteiger partial charge in [0.15, 0.2) is 0 Å². The number of benzene rings is 7. The number of fused-ring (bicyclic) bond motifs is 3. The third-order valence-electron chi connectivity index (χ3n) is 8.30. The Morgan fingerprint density at radius 1 is 0.295 bits per heavy atom. The first-order valence-electron chi connectivity index (χ1n) is 14.9. The standard InChI is InChI=1S/C42H29NO/c1-3-9-30(10-4-1)32-15-22-36(23-16-32)43(37-24-17-33(18-25-37)31-11-5-2-6-12-31)38-26-19-34(20-27-38)35-21-28-42-40(29-35)39-13-7-8-14-41(39)44-42/h1-29H. The first-order valence-corrected chi connectivity index (χ1v) is 14.9. The first kappa shape index (κ1) is 25.8. The molecule has 0 radical (unpaired) electrons. The highest BCUT2D eigenvalue weighted by Gasteiger charge is 2.14. The number of nitrogens with zero attached hydrogens (tertiary/aromatic N) is 1. The lowest BCUT2D eigenvalue weighted by Crippen LogP contribution is -2.09. The van der Waals surface area contributed by atoms with Gasteiger partial charge in [-0.15, -0.1) is 0 Å². The molecule has 0 aliphatic rings. The second-order valence-electron chi connectivity index (χ2n) is 11.0. The highest BCUT2D eigenvalue weighted by atomic mass is 16.3. The van der Waals surface area contributed by atoms with Crippen molar-refractivity contribution in [2.75, 3.05) is 4.90 Å². The monoisotopic (exact) mass is 563 g/mol. The molecule has 0 amide bonds. The van der Waals surface area contributed by atoms with Crippen molar-refractivity contribution < 1.29 is 4.42 Å². The lowest BCUT2D eigenvalue weighted by atomic mass is 10.0. The van der Waals surface area contributed by atoms with Crippen LogP contribution in [0.5, 0.6) is 0 Å². The van der Waals surface area contributed by atoms with Gasteiger partial charge in [0.05, 0.1) is 0 Å². The van der Waals surface area contributed by atoms with Crippen molar-refractivity contribution in [1.29, 1.82) is 0 Å². The molecule has 0 spiro atoms. The highest BCUT2D eigenvalue weighted by molar-refractivity contribution is 6.06. The minimum atomic E-state index is 0.913. The lowest BCUT2D eigenvalue weighted by molar-refractivity contribution is 0.669. The van der Waals surface area contributed by atoms with Crippen LogP contribution in [0.15, 0.2) is 180 Å². The number of hydrogen-bond donors (Lipinski definition) is 0. The van der Waals surface area contributed by atoms with Gasteiger partial charge in [0.25, 0.3) is 0 Å². The summed E-state index contributed by atoms with van der Waals surface area (Å²) in [5.41, 5.74) is 12.3. The fourth-order valence-electron chi connectivity index (χ4n) is 6.02. The Bertz CT molecular complexity index is 2100. The van der Waals surface area contributed by atoms with Gasteiger partial charge in [0.2, 0.25) is 0 Å². The Morgan fingerprint density at radius 3 is 1.20 bits per heavy atom. The zero-order valence-electron chi connectivity index (χ0n) is 24.1. The number of anilines is 3. The summed E-state index contributed by atoms with van der Waals surface area (Å²) in [4.78, 5) is 2.32. The molecule has 0 saturated heterocycles. The third-order valence-corrected chi connectivity index (χ3v) is 8.30. The van der Waals surface area contributed by atoms with Crippen molar-refractivity contribution in [2.45, 2.75) is 0 Å². The number of para-hydroxylation sites is 1. The van der Waals surface area contributed by atoms with Crippen molar-refractivity contribution in [3.8, 4) is 33.4 Å². The van der Waals surface area contributed by atoms with Crippen LogP contribution in [0.1, 0.15) is 0 Å². The predicted octanol–water partition coefficient (Wildman–Crippen LogP) is 12.1. The molecule has 8 aromatic rings. The van der Waals surface area contributed by atoms with Gasteiger partial charge in [-0.25, -0.2) is 0 Å².